The van der Waals surface area contributed by atoms with Gasteiger partial charge in [-0.1, -0.05) is 25.1 Å². The van der Waals surface area contributed by atoms with E-state index in [9.17, 15) is 4.79 Å². The number of hydrogen-bond donors (Lipinski definition) is 1. The molecule has 0 saturated heterocycles. The van der Waals surface area contributed by atoms with Crippen LogP contribution < -0.4 is 10.2 Å². The van der Waals surface area contributed by atoms with Crippen LogP contribution in [-0.2, 0) is 6.42 Å². The Morgan fingerprint density at radius 1 is 1.29 bits per heavy atom. The summed E-state index contributed by atoms with van der Waals surface area (Å²) in [6.07, 6.45) is 5.13. The SMILES string of the molecule is CCCNC(=O)c1cnc(N2CCc3ccccc32)cn1. The molecule has 0 saturated carbocycles. The highest BCUT2D eigenvalue weighted by Crippen LogP contribution is 2.32. The third-order valence-corrected chi connectivity index (χ3v) is 3.57. The fourth-order valence-electron chi connectivity index (χ4n) is 2.48. The molecule has 1 aromatic carbocycles. The van der Waals surface area contributed by atoms with Crippen LogP contribution in [0.1, 0.15) is 29.4 Å². The van der Waals surface area contributed by atoms with Crippen LogP contribution in [0.3, 0.4) is 0 Å². The number of fused-ring (bicyclic) bond motifs is 1. The standard InChI is InChI=1S/C16H18N4O/c1-2-8-17-16(21)13-10-19-15(11-18-13)20-9-7-12-5-3-4-6-14(12)20/h3-6,10-11H,2,7-9H2,1H3,(H,17,21). The van der Waals surface area contributed by atoms with Crippen molar-refractivity contribution in [3.05, 3.63) is 47.9 Å². The van der Waals surface area contributed by atoms with Gasteiger partial charge < -0.3 is 10.2 Å². The van der Waals surface area contributed by atoms with Crippen LogP contribution >= 0.6 is 0 Å². The molecule has 1 aromatic heterocycles. The minimum absolute atomic E-state index is 0.169. The van der Waals surface area contributed by atoms with E-state index in [0.717, 1.165) is 25.2 Å². The van der Waals surface area contributed by atoms with Gasteiger partial charge in [-0.3, -0.25) is 4.79 Å². The Labute approximate surface area is 124 Å². The van der Waals surface area contributed by atoms with Crippen molar-refractivity contribution in [2.75, 3.05) is 18.0 Å². The number of nitrogens with one attached hydrogen (secondary N) is 1. The number of benzene rings is 1. The van der Waals surface area contributed by atoms with Crippen molar-refractivity contribution in [2.45, 2.75) is 19.8 Å². The maximum absolute atomic E-state index is 11.8. The van der Waals surface area contributed by atoms with E-state index in [-0.39, 0.29) is 5.91 Å². The van der Waals surface area contributed by atoms with Crippen molar-refractivity contribution in [2.24, 2.45) is 0 Å². The van der Waals surface area contributed by atoms with Crippen LogP contribution in [0.4, 0.5) is 11.5 Å². The third kappa shape index (κ3) is 2.72. The van der Waals surface area contributed by atoms with E-state index in [2.05, 4.69) is 38.4 Å². The number of aromatic nitrogens is 2. The van der Waals surface area contributed by atoms with Crippen molar-refractivity contribution in [1.82, 2.24) is 15.3 Å². The zero-order chi connectivity index (χ0) is 14.7. The van der Waals surface area contributed by atoms with Gasteiger partial charge in [-0.05, 0) is 24.5 Å². The number of nitrogens with zero attached hydrogens (tertiary/aromatic N) is 3. The predicted molar refractivity (Wildman–Crippen MR) is 81.8 cm³/mol. The highest BCUT2D eigenvalue weighted by atomic mass is 16.1. The van der Waals surface area contributed by atoms with E-state index in [0.29, 0.717) is 12.2 Å². The lowest BCUT2D eigenvalue weighted by Gasteiger charge is -2.17. The Morgan fingerprint density at radius 3 is 2.90 bits per heavy atom. The summed E-state index contributed by atoms with van der Waals surface area (Å²) in [4.78, 5) is 22.6. The van der Waals surface area contributed by atoms with Gasteiger partial charge in [0.25, 0.3) is 5.91 Å². The largest absolute Gasteiger partial charge is 0.351 e. The Kier molecular flexibility index (Phi) is 3.81. The van der Waals surface area contributed by atoms with Crippen LogP contribution in [-0.4, -0.2) is 29.0 Å². The average Bonchev–Trinajstić information content (AvgIpc) is 2.97. The van der Waals surface area contributed by atoms with Gasteiger partial charge in [-0.2, -0.15) is 0 Å². The molecule has 108 valence electrons. The first kappa shape index (κ1) is 13.5. The first-order valence-corrected chi connectivity index (χ1v) is 7.25. The van der Waals surface area contributed by atoms with Crippen molar-refractivity contribution in [1.29, 1.82) is 0 Å². The van der Waals surface area contributed by atoms with Crippen molar-refractivity contribution in [3.63, 3.8) is 0 Å². The number of carbonyl (C=O) groups is 1. The second-order valence-corrected chi connectivity index (χ2v) is 5.05. The summed E-state index contributed by atoms with van der Waals surface area (Å²) in [5.74, 6) is 0.615. The van der Waals surface area contributed by atoms with Crippen LogP contribution in [0.5, 0.6) is 0 Å². The van der Waals surface area contributed by atoms with E-state index >= 15 is 0 Å². The quantitative estimate of drug-likeness (QED) is 0.935. The Morgan fingerprint density at radius 2 is 2.14 bits per heavy atom. The first-order chi connectivity index (χ1) is 10.3. The lowest BCUT2D eigenvalue weighted by molar-refractivity contribution is 0.0948. The third-order valence-electron chi connectivity index (χ3n) is 3.57. The van der Waals surface area contributed by atoms with Crippen LogP contribution in [0.2, 0.25) is 0 Å². The average molecular weight is 282 g/mol. The highest BCUT2D eigenvalue weighted by molar-refractivity contribution is 5.92. The second kappa shape index (κ2) is 5.91. The number of anilines is 2. The molecule has 0 radical (unpaired) electrons. The summed E-state index contributed by atoms with van der Waals surface area (Å²) in [6.45, 7) is 3.57. The minimum Gasteiger partial charge on any atom is -0.351 e. The number of carbonyl (C=O) groups excluding carboxylic acids is 1. The predicted octanol–water partition coefficient (Wildman–Crippen LogP) is 2.31. The summed E-state index contributed by atoms with van der Waals surface area (Å²) in [5.41, 5.74) is 2.86. The molecular weight excluding hydrogens is 264 g/mol. The lowest BCUT2D eigenvalue weighted by atomic mass is 10.2. The van der Waals surface area contributed by atoms with Crippen molar-refractivity contribution >= 4 is 17.4 Å². The van der Waals surface area contributed by atoms with E-state index in [1.54, 1.807) is 12.4 Å². The molecule has 2 aromatic rings. The monoisotopic (exact) mass is 282 g/mol. The summed E-state index contributed by atoms with van der Waals surface area (Å²) in [5, 5.41) is 2.80. The fourth-order valence-corrected chi connectivity index (χ4v) is 2.48. The van der Waals surface area contributed by atoms with Gasteiger partial charge in [0, 0.05) is 18.8 Å². The van der Waals surface area contributed by atoms with Gasteiger partial charge in [0.1, 0.15) is 5.69 Å². The molecule has 1 amide bonds. The molecule has 0 unspecified atom stereocenters. The molecule has 0 fully saturated rings. The molecule has 3 rings (SSSR count). The molecule has 2 heterocycles. The molecule has 0 spiro atoms. The Hall–Kier alpha value is -2.43. The zero-order valence-electron chi connectivity index (χ0n) is 12.0. The molecule has 5 nitrogen and oxygen atoms in total. The molecule has 0 atom stereocenters. The summed E-state index contributed by atoms with van der Waals surface area (Å²) < 4.78 is 0. The van der Waals surface area contributed by atoms with Gasteiger partial charge in [0.2, 0.25) is 0 Å². The van der Waals surface area contributed by atoms with Crippen LogP contribution in [0, 0.1) is 0 Å². The van der Waals surface area contributed by atoms with Gasteiger partial charge >= 0.3 is 0 Å². The van der Waals surface area contributed by atoms with Crippen LogP contribution in [0.25, 0.3) is 0 Å². The molecular formula is C16H18N4O. The first-order valence-electron chi connectivity index (χ1n) is 7.25. The maximum atomic E-state index is 11.8. The minimum atomic E-state index is -0.169. The molecule has 1 N–H and O–H groups in total. The van der Waals surface area contributed by atoms with Gasteiger partial charge in [0.15, 0.2) is 5.82 Å². The van der Waals surface area contributed by atoms with Crippen molar-refractivity contribution < 1.29 is 4.79 Å². The lowest BCUT2D eigenvalue weighted by Crippen LogP contribution is -2.25. The molecule has 1 aliphatic rings. The van der Waals surface area contributed by atoms with Gasteiger partial charge in [-0.25, -0.2) is 9.97 Å². The Balaban J connectivity index is 1.78. The molecule has 21 heavy (non-hydrogen) atoms. The number of para-hydroxylation sites is 1. The number of hydrogen-bond acceptors (Lipinski definition) is 4. The van der Waals surface area contributed by atoms with Crippen molar-refractivity contribution in [3.8, 4) is 0 Å². The molecule has 0 bridgehead atoms. The van der Waals surface area contributed by atoms with E-state index in [4.69, 9.17) is 0 Å². The maximum Gasteiger partial charge on any atom is 0.271 e. The van der Waals surface area contributed by atoms with E-state index in [1.165, 1.54) is 11.3 Å². The van der Waals surface area contributed by atoms with Crippen LogP contribution in [0.15, 0.2) is 36.7 Å². The topological polar surface area (TPSA) is 58.1 Å². The highest BCUT2D eigenvalue weighted by Gasteiger charge is 2.21. The molecule has 1 aliphatic heterocycles. The summed E-state index contributed by atoms with van der Waals surface area (Å²) >= 11 is 0. The second-order valence-electron chi connectivity index (χ2n) is 5.05. The zero-order valence-corrected chi connectivity index (χ0v) is 12.0. The fraction of sp³-hybridized carbons (Fsp3) is 0.312. The Bertz CT molecular complexity index is 639. The molecule has 0 aliphatic carbocycles. The summed E-state index contributed by atoms with van der Waals surface area (Å²) in [7, 11) is 0. The van der Waals surface area contributed by atoms with E-state index in [1.807, 2.05) is 13.0 Å². The van der Waals surface area contributed by atoms with E-state index < -0.39 is 0 Å². The van der Waals surface area contributed by atoms with Gasteiger partial charge in [0.05, 0.1) is 12.4 Å². The number of amides is 1. The normalized spacial score (nSPS) is 13.1. The molecule has 5 heteroatoms. The smallest absolute Gasteiger partial charge is 0.271 e. The van der Waals surface area contributed by atoms with Gasteiger partial charge in [-0.15, -0.1) is 0 Å². The number of rotatable bonds is 4. The summed E-state index contributed by atoms with van der Waals surface area (Å²) in [6, 6.07) is 8.30.